The molecule has 0 bridgehead atoms. The molecule has 0 spiro atoms. The number of nitrogens with zero attached hydrogens (tertiary/aromatic N) is 1. The van der Waals surface area contributed by atoms with Gasteiger partial charge in [-0.1, -0.05) is 18.2 Å². The van der Waals surface area contributed by atoms with E-state index in [1.54, 1.807) is 24.3 Å². The number of rotatable bonds is 4. The highest BCUT2D eigenvalue weighted by molar-refractivity contribution is 7.94. The highest BCUT2D eigenvalue weighted by atomic mass is 32.2. The number of amides is 2. The average molecular weight is 372 g/mol. The first-order valence-corrected chi connectivity index (χ1v) is 9.47. The summed E-state index contributed by atoms with van der Waals surface area (Å²) >= 11 is 0. The summed E-state index contributed by atoms with van der Waals surface area (Å²) in [4.78, 5) is 35.8. The smallest absolute Gasteiger partial charge is 0.255 e. The highest BCUT2D eigenvalue weighted by Crippen LogP contribution is 2.26. The first-order valence-electron chi connectivity index (χ1n) is 7.86. The lowest BCUT2D eigenvalue weighted by Crippen LogP contribution is -2.29. The van der Waals surface area contributed by atoms with Gasteiger partial charge in [0.2, 0.25) is 15.9 Å². The van der Waals surface area contributed by atoms with E-state index in [4.69, 9.17) is 0 Å². The van der Waals surface area contributed by atoms with Crippen LogP contribution in [0.2, 0.25) is 0 Å². The largest absolute Gasteiger partial charge is 0.322 e. The first-order chi connectivity index (χ1) is 12.3. The zero-order valence-electron chi connectivity index (χ0n) is 13.9. The molecule has 0 aromatic heterocycles. The second-order valence-electron chi connectivity index (χ2n) is 5.87. The molecule has 2 aromatic rings. The van der Waals surface area contributed by atoms with E-state index in [1.165, 1.54) is 31.2 Å². The fourth-order valence-corrected chi connectivity index (χ4v) is 4.11. The number of Topliss-reactive ketones (excluding diaryl/α,β-unsaturated/α-hetero) is 1. The molecular formula is C18H16N2O5S. The van der Waals surface area contributed by atoms with Crippen LogP contribution < -0.4 is 9.62 Å². The second kappa shape index (κ2) is 6.72. The van der Waals surface area contributed by atoms with Gasteiger partial charge < -0.3 is 5.32 Å². The summed E-state index contributed by atoms with van der Waals surface area (Å²) in [5.41, 5.74) is 1.24. The van der Waals surface area contributed by atoms with E-state index in [2.05, 4.69) is 5.32 Å². The van der Waals surface area contributed by atoms with Crippen molar-refractivity contribution in [2.45, 2.75) is 13.3 Å². The lowest BCUT2D eigenvalue weighted by atomic mass is 10.1. The van der Waals surface area contributed by atoms with E-state index >= 15 is 0 Å². The monoisotopic (exact) mass is 372 g/mol. The Balaban J connectivity index is 1.86. The van der Waals surface area contributed by atoms with Crippen molar-refractivity contribution < 1.29 is 22.8 Å². The highest BCUT2D eigenvalue weighted by Gasteiger charge is 2.36. The Morgan fingerprint density at radius 1 is 1.04 bits per heavy atom. The van der Waals surface area contributed by atoms with Crippen molar-refractivity contribution in [3.63, 3.8) is 0 Å². The average Bonchev–Trinajstić information content (AvgIpc) is 2.88. The van der Waals surface area contributed by atoms with Gasteiger partial charge in [0, 0.05) is 23.2 Å². The molecular weight excluding hydrogens is 356 g/mol. The standard InChI is InChI=1S/C18H16N2O5S/c1-12(21)13-4-2-6-15(10-13)19-18(23)14-5-3-7-16(11-14)20-17(22)8-9-26(20,24)25/h2-7,10-11H,8-9H2,1H3,(H,19,23). The molecule has 1 aliphatic rings. The molecule has 0 radical (unpaired) electrons. The van der Waals surface area contributed by atoms with Gasteiger partial charge >= 0.3 is 0 Å². The number of hydrogen-bond donors (Lipinski definition) is 1. The summed E-state index contributed by atoms with van der Waals surface area (Å²) in [6.07, 6.45) is -0.0728. The van der Waals surface area contributed by atoms with Gasteiger partial charge in [0.1, 0.15) is 0 Å². The third-order valence-corrected chi connectivity index (χ3v) is 5.64. The number of sulfonamides is 1. The van der Waals surface area contributed by atoms with Crippen LogP contribution in [-0.4, -0.2) is 31.8 Å². The number of benzene rings is 2. The van der Waals surface area contributed by atoms with E-state index in [0.717, 1.165) is 4.31 Å². The third kappa shape index (κ3) is 3.50. The Morgan fingerprint density at radius 2 is 1.73 bits per heavy atom. The van der Waals surface area contributed by atoms with Gasteiger partial charge in [-0.05, 0) is 37.3 Å². The predicted molar refractivity (Wildman–Crippen MR) is 96.7 cm³/mol. The normalized spacial score (nSPS) is 15.7. The van der Waals surface area contributed by atoms with Gasteiger partial charge in [0.05, 0.1) is 11.4 Å². The Bertz CT molecular complexity index is 1010. The molecule has 1 fully saturated rings. The molecule has 0 saturated carbocycles. The van der Waals surface area contributed by atoms with E-state index < -0.39 is 21.8 Å². The van der Waals surface area contributed by atoms with Crippen LogP contribution in [0.25, 0.3) is 0 Å². The van der Waals surface area contributed by atoms with Crippen molar-refractivity contribution in [3.8, 4) is 0 Å². The van der Waals surface area contributed by atoms with E-state index in [1.807, 2.05) is 0 Å². The Kier molecular flexibility index (Phi) is 4.60. The minimum atomic E-state index is -3.69. The molecule has 1 heterocycles. The molecule has 2 amide bonds. The van der Waals surface area contributed by atoms with Crippen molar-refractivity contribution in [2.75, 3.05) is 15.4 Å². The van der Waals surface area contributed by atoms with Crippen molar-refractivity contribution in [1.29, 1.82) is 0 Å². The van der Waals surface area contributed by atoms with Crippen LogP contribution in [0, 0.1) is 0 Å². The molecule has 1 aliphatic heterocycles. The number of anilines is 2. The maximum atomic E-state index is 12.5. The number of hydrogen-bond acceptors (Lipinski definition) is 5. The molecule has 8 heteroatoms. The molecule has 3 rings (SSSR count). The summed E-state index contributed by atoms with van der Waals surface area (Å²) < 4.78 is 24.8. The maximum absolute atomic E-state index is 12.5. The molecule has 1 saturated heterocycles. The molecule has 26 heavy (non-hydrogen) atoms. The molecule has 7 nitrogen and oxygen atoms in total. The number of nitrogens with one attached hydrogen (secondary N) is 1. The zero-order chi connectivity index (χ0) is 18.9. The third-order valence-electron chi connectivity index (χ3n) is 3.95. The Labute approximate surface area is 150 Å². The molecule has 134 valence electrons. The topological polar surface area (TPSA) is 101 Å². The van der Waals surface area contributed by atoms with Gasteiger partial charge in [0.15, 0.2) is 5.78 Å². The molecule has 0 unspecified atom stereocenters. The summed E-state index contributed by atoms with van der Waals surface area (Å²) in [6, 6.07) is 12.3. The minimum Gasteiger partial charge on any atom is -0.322 e. The number of carbonyl (C=O) groups excluding carboxylic acids is 3. The van der Waals surface area contributed by atoms with Crippen LogP contribution in [0.15, 0.2) is 48.5 Å². The molecule has 1 N–H and O–H groups in total. The number of carbonyl (C=O) groups is 3. The van der Waals surface area contributed by atoms with Crippen LogP contribution in [0.4, 0.5) is 11.4 Å². The van der Waals surface area contributed by atoms with Gasteiger partial charge in [-0.25, -0.2) is 12.7 Å². The summed E-state index contributed by atoms with van der Waals surface area (Å²) in [5.74, 6) is -1.35. The molecule has 0 aliphatic carbocycles. The van der Waals surface area contributed by atoms with Crippen LogP contribution in [0.3, 0.4) is 0 Å². The van der Waals surface area contributed by atoms with Crippen molar-refractivity contribution in [1.82, 2.24) is 0 Å². The lowest BCUT2D eigenvalue weighted by molar-refractivity contribution is -0.116. The van der Waals surface area contributed by atoms with Crippen LogP contribution in [-0.2, 0) is 14.8 Å². The van der Waals surface area contributed by atoms with Gasteiger partial charge in [-0.3, -0.25) is 14.4 Å². The van der Waals surface area contributed by atoms with Crippen molar-refractivity contribution in [3.05, 3.63) is 59.7 Å². The zero-order valence-corrected chi connectivity index (χ0v) is 14.7. The quantitative estimate of drug-likeness (QED) is 0.829. The van der Waals surface area contributed by atoms with E-state index in [9.17, 15) is 22.8 Å². The fraction of sp³-hybridized carbons (Fsp3) is 0.167. The second-order valence-corrected chi connectivity index (χ2v) is 7.80. The van der Waals surface area contributed by atoms with Gasteiger partial charge in [-0.2, -0.15) is 0 Å². The van der Waals surface area contributed by atoms with Crippen LogP contribution in [0.1, 0.15) is 34.1 Å². The van der Waals surface area contributed by atoms with E-state index in [-0.39, 0.29) is 29.2 Å². The summed E-state index contributed by atoms with van der Waals surface area (Å²) in [7, 11) is -3.69. The minimum absolute atomic E-state index is 0.0728. The van der Waals surface area contributed by atoms with Crippen LogP contribution >= 0.6 is 0 Å². The molecule has 2 aromatic carbocycles. The van der Waals surface area contributed by atoms with Gasteiger partial charge in [-0.15, -0.1) is 0 Å². The number of ketones is 1. The fourth-order valence-electron chi connectivity index (χ4n) is 2.66. The first kappa shape index (κ1) is 17.8. The summed E-state index contributed by atoms with van der Waals surface area (Å²) in [6.45, 7) is 1.43. The summed E-state index contributed by atoms with van der Waals surface area (Å²) in [5, 5.41) is 2.66. The van der Waals surface area contributed by atoms with Crippen LogP contribution in [0.5, 0.6) is 0 Å². The van der Waals surface area contributed by atoms with Crippen molar-refractivity contribution >= 4 is 39.0 Å². The van der Waals surface area contributed by atoms with Crippen molar-refractivity contribution in [2.24, 2.45) is 0 Å². The Hall–Kier alpha value is -3.00. The lowest BCUT2D eigenvalue weighted by Gasteiger charge is -2.15. The molecule has 0 atom stereocenters. The predicted octanol–water partition coefficient (Wildman–Crippen LogP) is 2.21. The SMILES string of the molecule is CC(=O)c1cccc(NC(=O)c2cccc(N3C(=O)CCS3(=O)=O)c2)c1. The van der Waals surface area contributed by atoms with E-state index in [0.29, 0.717) is 11.3 Å². The maximum Gasteiger partial charge on any atom is 0.255 e. The van der Waals surface area contributed by atoms with Gasteiger partial charge in [0.25, 0.3) is 5.91 Å². The Morgan fingerprint density at radius 3 is 2.38 bits per heavy atom.